The molecule has 0 saturated carbocycles. The van der Waals surface area contributed by atoms with Gasteiger partial charge in [0.05, 0.1) is 24.3 Å². The minimum Gasteiger partial charge on any atom is -0.487 e. The van der Waals surface area contributed by atoms with Crippen molar-refractivity contribution in [3.05, 3.63) is 36.9 Å². The van der Waals surface area contributed by atoms with Crippen LogP contribution in [0.1, 0.15) is 6.42 Å². The highest BCUT2D eigenvalue weighted by atomic mass is 19.3. The molecule has 0 amide bonds. The molecule has 0 spiro atoms. The van der Waals surface area contributed by atoms with E-state index in [1.165, 1.54) is 0 Å². The highest BCUT2D eigenvalue weighted by Crippen LogP contribution is 2.23. The van der Waals surface area contributed by atoms with Gasteiger partial charge in [-0.25, -0.2) is 18.7 Å². The number of rotatable bonds is 6. The van der Waals surface area contributed by atoms with Gasteiger partial charge in [0.2, 0.25) is 0 Å². The van der Waals surface area contributed by atoms with Crippen molar-refractivity contribution in [2.24, 2.45) is 0 Å². The molecule has 1 atom stereocenters. The summed E-state index contributed by atoms with van der Waals surface area (Å²) in [7, 11) is 0. The first kappa shape index (κ1) is 16.6. The summed E-state index contributed by atoms with van der Waals surface area (Å²) in [5.74, 6) is 1.06. The lowest BCUT2D eigenvalue weighted by Crippen LogP contribution is -2.22. The molecule has 0 aromatic carbocycles. The van der Waals surface area contributed by atoms with Crippen molar-refractivity contribution >= 4 is 11.5 Å². The molecule has 4 heterocycles. The van der Waals surface area contributed by atoms with Crippen molar-refractivity contribution < 1.29 is 13.5 Å². The van der Waals surface area contributed by atoms with Crippen molar-refractivity contribution in [1.82, 2.24) is 24.7 Å². The van der Waals surface area contributed by atoms with Crippen molar-refractivity contribution in [2.75, 3.05) is 25.0 Å². The Morgan fingerprint density at radius 1 is 1.35 bits per heavy atom. The number of hydrogen-bond acceptors (Lipinski definition) is 6. The zero-order chi connectivity index (χ0) is 17.9. The van der Waals surface area contributed by atoms with E-state index in [0.29, 0.717) is 29.0 Å². The van der Waals surface area contributed by atoms with Crippen LogP contribution in [-0.4, -0.2) is 51.5 Å². The minimum atomic E-state index is -2.51. The SMILES string of the molecule is FC(F)COc1ccn2c(-c3cncc(NC4CCNC4)n3)cnc2c1. The summed E-state index contributed by atoms with van der Waals surface area (Å²) in [6, 6.07) is 3.59. The lowest BCUT2D eigenvalue weighted by atomic mass is 10.2. The topological polar surface area (TPSA) is 76.4 Å². The summed E-state index contributed by atoms with van der Waals surface area (Å²) in [6.07, 6.45) is 5.30. The van der Waals surface area contributed by atoms with Gasteiger partial charge in [0.15, 0.2) is 0 Å². The Labute approximate surface area is 148 Å². The van der Waals surface area contributed by atoms with Gasteiger partial charge in [0.25, 0.3) is 6.43 Å². The van der Waals surface area contributed by atoms with Crippen LogP contribution in [0.5, 0.6) is 5.75 Å². The van der Waals surface area contributed by atoms with Crippen LogP contribution in [0, 0.1) is 0 Å². The predicted molar refractivity (Wildman–Crippen MR) is 92.6 cm³/mol. The Bertz CT molecular complexity index is 894. The lowest BCUT2D eigenvalue weighted by molar-refractivity contribution is 0.0819. The van der Waals surface area contributed by atoms with E-state index in [4.69, 9.17) is 4.74 Å². The largest absolute Gasteiger partial charge is 0.487 e. The highest BCUT2D eigenvalue weighted by Gasteiger charge is 2.15. The fraction of sp³-hybridized carbons (Fsp3) is 0.353. The molecule has 1 saturated heterocycles. The molecule has 0 aliphatic carbocycles. The number of ether oxygens (including phenoxy) is 1. The summed E-state index contributed by atoms with van der Waals surface area (Å²) in [5.41, 5.74) is 2.03. The molecule has 2 N–H and O–H groups in total. The number of nitrogens with zero attached hydrogens (tertiary/aromatic N) is 4. The summed E-state index contributed by atoms with van der Waals surface area (Å²) in [6.45, 7) is 1.26. The number of nitrogens with one attached hydrogen (secondary N) is 2. The van der Waals surface area contributed by atoms with E-state index in [0.717, 1.165) is 25.2 Å². The van der Waals surface area contributed by atoms with E-state index >= 15 is 0 Å². The Balaban J connectivity index is 1.58. The maximum atomic E-state index is 12.3. The van der Waals surface area contributed by atoms with Crippen LogP contribution >= 0.6 is 0 Å². The molecule has 136 valence electrons. The third-order valence-electron chi connectivity index (χ3n) is 4.17. The van der Waals surface area contributed by atoms with Gasteiger partial charge in [-0.3, -0.25) is 9.38 Å². The van der Waals surface area contributed by atoms with Crippen LogP contribution in [0.2, 0.25) is 0 Å². The van der Waals surface area contributed by atoms with Gasteiger partial charge in [0.1, 0.15) is 29.5 Å². The predicted octanol–water partition coefficient (Wildman–Crippen LogP) is 2.21. The second-order valence-corrected chi connectivity index (χ2v) is 6.06. The second kappa shape index (κ2) is 7.20. The molecule has 7 nitrogen and oxygen atoms in total. The number of aromatic nitrogens is 4. The smallest absolute Gasteiger partial charge is 0.272 e. The molecule has 1 aliphatic rings. The van der Waals surface area contributed by atoms with Gasteiger partial charge in [-0.15, -0.1) is 0 Å². The molecule has 3 aromatic rings. The number of fused-ring (bicyclic) bond motifs is 1. The van der Waals surface area contributed by atoms with Gasteiger partial charge >= 0.3 is 0 Å². The average Bonchev–Trinajstić information content (AvgIpc) is 3.29. The molecule has 1 unspecified atom stereocenters. The van der Waals surface area contributed by atoms with E-state index in [9.17, 15) is 8.78 Å². The molecular weight excluding hydrogens is 342 g/mol. The van der Waals surface area contributed by atoms with E-state index in [-0.39, 0.29) is 0 Å². The maximum absolute atomic E-state index is 12.3. The fourth-order valence-electron chi connectivity index (χ4n) is 2.95. The van der Waals surface area contributed by atoms with Gasteiger partial charge < -0.3 is 15.4 Å². The van der Waals surface area contributed by atoms with Crippen molar-refractivity contribution in [1.29, 1.82) is 0 Å². The quantitative estimate of drug-likeness (QED) is 0.702. The number of halogens is 2. The van der Waals surface area contributed by atoms with Crippen LogP contribution in [0.25, 0.3) is 17.0 Å². The monoisotopic (exact) mass is 360 g/mol. The normalized spacial score (nSPS) is 17.1. The molecule has 1 aliphatic heterocycles. The number of alkyl halides is 2. The third kappa shape index (κ3) is 3.57. The second-order valence-electron chi connectivity index (χ2n) is 6.06. The van der Waals surface area contributed by atoms with E-state index in [1.54, 1.807) is 36.9 Å². The van der Waals surface area contributed by atoms with Crippen LogP contribution in [0.15, 0.2) is 36.9 Å². The van der Waals surface area contributed by atoms with Crippen LogP contribution in [0.3, 0.4) is 0 Å². The summed E-state index contributed by atoms with van der Waals surface area (Å²) < 4.78 is 31.4. The molecule has 4 rings (SSSR count). The molecular formula is C17H18F2N6O. The van der Waals surface area contributed by atoms with Crippen LogP contribution < -0.4 is 15.4 Å². The Morgan fingerprint density at radius 2 is 2.27 bits per heavy atom. The Kier molecular flexibility index (Phi) is 4.61. The van der Waals surface area contributed by atoms with Gasteiger partial charge in [-0.05, 0) is 19.0 Å². The zero-order valence-electron chi connectivity index (χ0n) is 13.9. The highest BCUT2D eigenvalue weighted by molar-refractivity contribution is 5.61. The first-order valence-corrected chi connectivity index (χ1v) is 8.37. The molecule has 3 aromatic heterocycles. The first-order chi connectivity index (χ1) is 12.7. The minimum absolute atomic E-state index is 0.344. The summed E-state index contributed by atoms with van der Waals surface area (Å²) in [5, 5.41) is 6.67. The van der Waals surface area contributed by atoms with Gasteiger partial charge in [0, 0.05) is 24.8 Å². The van der Waals surface area contributed by atoms with Gasteiger partial charge in [-0.1, -0.05) is 0 Å². The zero-order valence-corrected chi connectivity index (χ0v) is 13.9. The van der Waals surface area contributed by atoms with Gasteiger partial charge in [-0.2, -0.15) is 0 Å². The Morgan fingerprint density at radius 3 is 3.08 bits per heavy atom. The molecule has 9 heteroatoms. The number of pyridine rings is 1. The van der Waals surface area contributed by atoms with Crippen molar-refractivity contribution in [3.63, 3.8) is 0 Å². The van der Waals surface area contributed by atoms with E-state index < -0.39 is 13.0 Å². The first-order valence-electron chi connectivity index (χ1n) is 8.37. The third-order valence-corrected chi connectivity index (χ3v) is 4.17. The average molecular weight is 360 g/mol. The molecule has 0 bridgehead atoms. The van der Waals surface area contributed by atoms with Crippen LogP contribution in [0.4, 0.5) is 14.6 Å². The summed E-state index contributed by atoms with van der Waals surface area (Å²) in [4.78, 5) is 13.2. The number of anilines is 1. The van der Waals surface area contributed by atoms with E-state index in [1.807, 2.05) is 4.40 Å². The maximum Gasteiger partial charge on any atom is 0.272 e. The number of hydrogen-bond donors (Lipinski definition) is 2. The Hall–Kier alpha value is -2.81. The van der Waals surface area contributed by atoms with E-state index in [2.05, 4.69) is 25.6 Å². The molecule has 26 heavy (non-hydrogen) atoms. The fourth-order valence-corrected chi connectivity index (χ4v) is 2.95. The van der Waals surface area contributed by atoms with Crippen LogP contribution in [-0.2, 0) is 0 Å². The molecule has 0 radical (unpaired) electrons. The van der Waals surface area contributed by atoms with Crippen molar-refractivity contribution in [3.8, 4) is 17.1 Å². The standard InChI is InChI=1S/C17H18F2N6O/c18-15(19)10-26-12-2-4-25-14(8-22-17(25)5-12)13-7-21-9-16(24-13)23-11-1-3-20-6-11/h2,4-5,7-9,11,15,20H,1,3,6,10H2,(H,23,24). The summed E-state index contributed by atoms with van der Waals surface area (Å²) >= 11 is 0. The number of imidazole rings is 1. The van der Waals surface area contributed by atoms with Crippen molar-refractivity contribution in [2.45, 2.75) is 18.9 Å². The lowest BCUT2D eigenvalue weighted by Gasteiger charge is -2.12. The molecule has 1 fully saturated rings.